The van der Waals surface area contributed by atoms with Crippen molar-refractivity contribution in [3.8, 4) is 17.2 Å². The molecule has 0 atom stereocenters. The van der Waals surface area contributed by atoms with Crippen LogP contribution in [0.5, 0.6) is 11.5 Å². The molecule has 0 radical (unpaired) electrons. The molecule has 0 aliphatic carbocycles. The first kappa shape index (κ1) is 38.1. The summed E-state index contributed by atoms with van der Waals surface area (Å²) >= 11 is 0. The van der Waals surface area contributed by atoms with Crippen LogP contribution in [0.15, 0.2) is 213 Å². The van der Waals surface area contributed by atoms with Gasteiger partial charge in [0, 0.05) is 57.8 Å². The number of hydrogen-bond donors (Lipinski definition) is 0. The number of pyridine rings is 2. The molecule has 4 aromatic heterocycles. The molecule has 0 spiro atoms. The second-order valence-electron chi connectivity index (χ2n) is 16.0. The quantitative estimate of drug-likeness (QED) is 0.0946. The molecule has 0 unspecified atom stereocenters. The Morgan fingerprint density at radius 2 is 1.16 bits per heavy atom. The van der Waals surface area contributed by atoms with E-state index < -0.39 is 8.07 Å². The number of fused-ring (bicyclic) bond motifs is 12. The van der Waals surface area contributed by atoms with Crippen molar-refractivity contribution < 1.29 is 25.8 Å². The van der Waals surface area contributed by atoms with Gasteiger partial charge in [0.15, 0.2) is 0 Å². The van der Waals surface area contributed by atoms with Gasteiger partial charge in [-0.05, 0) is 59.1 Å². The van der Waals surface area contributed by atoms with E-state index in [-0.39, 0.29) is 21.1 Å². The normalized spacial score (nSPS) is 13.0. The first-order valence-corrected chi connectivity index (χ1v) is 23.2. The molecule has 5 heterocycles. The van der Waals surface area contributed by atoms with Gasteiger partial charge in [-0.2, -0.15) is 6.07 Å². The Morgan fingerprint density at radius 1 is 0.500 bits per heavy atom. The summed E-state index contributed by atoms with van der Waals surface area (Å²) in [7, 11) is -3.21. The predicted octanol–water partition coefficient (Wildman–Crippen LogP) is 10.7. The maximum Gasteiger partial charge on any atom is 2.00 e. The summed E-state index contributed by atoms with van der Waals surface area (Å²) in [5, 5.41) is 10.6. The van der Waals surface area contributed by atoms with Crippen LogP contribution in [-0.2, 0) is 21.1 Å². The molecule has 0 bridgehead atoms. The largest absolute Gasteiger partial charge is 2.00 e. The zero-order valence-electron chi connectivity index (χ0n) is 34.2. The van der Waals surface area contributed by atoms with Crippen LogP contribution < -0.4 is 30.4 Å². The number of aromatic nitrogens is 4. The molecule has 0 fully saturated rings. The fraction of sp³-hybridized carbons (Fsp3) is 0. The summed E-state index contributed by atoms with van der Waals surface area (Å²) in [5.74, 6) is 1.97. The van der Waals surface area contributed by atoms with Gasteiger partial charge in [0.2, 0.25) is 0 Å². The molecule has 6 nitrogen and oxygen atoms in total. The van der Waals surface area contributed by atoms with E-state index in [2.05, 4.69) is 208 Å². The Kier molecular flexibility index (Phi) is 8.97. The molecule has 64 heavy (non-hydrogen) atoms. The SMILES string of the molecule is [Pt+2].[c-]1c(Oc2[c-]c3c(cc2)c2ccccc2n2ccnc32)ccc2c1N(c1ccccn1)c1ccc3c(c1[Si]2(c1ccccc1)c1ccccc1)c1ccccc1n3-c1ccccc1. The smallest absolute Gasteiger partial charge is 0.503 e. The van der Waals surface area contributed by atoms with Crippen LogP contribution >= 0.6 is 0 Å². The molecule has 8 heteroatoms. The monoisotopic (exact) mass is 1020 g/mol. The molecule has 12 aromatic rings. The molecule has 1 aliphatic heterocycles. The topological polar surface area (TPSA) is 47.6 Å². The van der Waals surface area contributed by atoms with Crippen LogP contribution in [0.25, 0.3) is 54.8 Å². The van der Waals surface area contributed by atoms with Crippen molar-refractivity contribution in [3.63, 3.8) is 0 Å². The molecule has 0 saturated heterocycles. The third-order valence-electron chi connectivity index (χ3n) is 12.7. The van der Waals surface area contributed by atoms with Crippen molar-refractivity contribution in [3.05, 3.63) is 225 Å². The van der Waals surface area contributed by atoms with Crippen LogP contribution in [0.2, 0.25) is 0 Å². The van der Waals surface area contributed by atoms with Gasteiger partial charge in [0.1, 0.15) is 13.9 Å². The fourth-order valence-corrected chi connectivity index (χ4v) is 15.5. The number of anilines is 3. The molecule has 13 rings (SSSR count). The number of imidazole rings is 1. The maximum atomic E-state index is 6.84. The zero-order valence-corrected chi connectivity index (χ0v) is 37.4. The number of ether oxygens (including phenoxy) is 1. The molecule has 1 aliphatic rings. The number of rotatable bonds is 6. The summed E-state index contributed by atoms with van der Waals surface area (Å²) in [6, 6.07) is 76.9. The molecule has 304 valence electrons. The Hall–Kier alpha value is -7.57. The third kappa shape index (κ3) is 5.54. The van der Waals surface area contributed by atoms with Gasteiger partial charge < -0.3 is 18.6 Å². The van der Waals surface area contributed by atoms with E-state index in [4.69, 9.17) is 14.7 Å². The number of nitrogens with zero attached hydrogens (tertiary/aromatic N) is 5. The molecule has 0 amide bonds. The third-order valence-corrected chi connectivity index (χ3v) is 17.6. The summed E-state index contributed by atoms with van der Waals surface area (Å²) in [5.41, 5.74) is 7.36. The fourth-order valence-electron chi connectivity index (χ4n) is 10.2. The summed E-state index contributed by atoms with van der Waals surface area (Å²) < 4.78 is 11.4. The predicted molar refractivity (Wildman–Crippen MR) is 258 cm³/mol. The van der Waals surface area contributed by atoms with Crippen LogP contribution in [0, 0.1) is 12.1 Å². The minimum atomic E-state index is -3.21. The van der Waals surface area contributed by atoms with Crippen molar-refractivity contribution in [2.45, 2.75) is 0 Å². The van der Waals surface area contributed by atoms with E-state index in [1.54, 1.807) is 0 Å². The Balaban J connectivity index is 0.00000433. The minimum absolute atomic E-state index is 0. The van der Waals surface area contributed by atoms with E-state index in [1.165, 1.54) is 31.5 Å². The molecule has 0 N–H and O–H groups in total. The second kappa shape index (κ2) is 15.1. The van der Waals surface area contributed by atoms with Crippen molar-refractivity contribution >= 4 is 95.1 Å². The number of hydrogen-bond acceptors (Lipinski definition) is 4. The van der Waals surface area contributed by atoms with E-state index in [0.717, 1.165) is 61.2 Å². The molecular formula is C56H35N5OPtSi. The van der Waals surface area contributed by atoms with E-state index in [0.29, 0.717) is 11.5 Å². The van der Waals surface area contributed by atoms with Gasteiger partial charge in [0.05, 0.1) is 16.7 Å². The van der Waals surface area contributed by atoms with Gasteiger partial charge in [-0.1, -0.05) is 154 Å². The van der Waals surface area contributed by atoms with Gasteiger partial charge in [-0.25, -0.2) is 4.98 Å². The van der Waals surface area contributed by atoms with E-state index >= 15 is 0 Å². The van der Waals surface area contributed by atoms with Crippen LogP contribution in [0.3, 0.4) is 0 Å². The standard InChI is InChI=1S/C56H35N5OSi.Pt/c1-4-16-38(17-5-1)60-48-25-13-11-23-45(48)54-49(60)30-31-50-55(54)63(41-18-6-2-7-19-41,42-20-8-3-9-21-42)52-32-28-40(37-51(52)61(50)53-26-14-15-33-57-53)62-39-27-29-43-44-22-10-12-24-47(44)59-35-34-58-56(59)46(43)36-39;/h1-35H;/q-2;+2. The van der Waals surface area contributed by atoms with Crippen molar-refractivity contribution in [2.75, 3.05) is 4.90 Å². The van der Waals surface area contributed by atoms with Crippen molar-refractivity contribution in [1.29, 1.82) is 0 Å². The summed E-state index contributed by atoms with van der Waals surface area (Å²) in [6.45, 7) is 0. The molecule has 0 saturated carbocycles. The van der Waals surface area contributed by atoms with Gasteiger partial charge in [0.25, 0.3) is 0 Å². The Bertz CT molecular complexity index is 3690. The van der Waals surface area contributed by atoms with Crippen LogP contribution in [-0.4, -0.2) is 27.0 Å². The molecular weight excluding hydrogens is 982 g/mol. The zero-order chi connectivity index (χ0) is 41.5. The number of para-hydroxylation sites is 3. The van der Waals surface area contributed by atoms with Gasteiger partial charge in [-0.3, -0.25) is 4.98 Å². The minimum Gasteiger partial charge on any atom is -0.503 e. The average Bonchev–Trinajstić information content (AvgIpc) is 3.99. The van der Waals surface area contributed by atoms with Crippen molar-refractivity contribution in [2.24, 2.45) is 0 Å². The maximum absolute atomic E-state index is 6.84. The summed E-state index contributed by atoms with van der Waals surface area (Å²) in [4.78, 5) is 12.1. The van der Waals surface area contributed by atoms with Gasteiger partial charge >= 0.3 is 21.1 Å². The van der Waals surface area contributed by atoms with Gasteiger partial charge in [-0.15, -0.1) is 29.5 Å². The molecule has 8 aromatic carbocycles. The second-order valence-corrected chi connectivity index (χ2v) is 19.7. The Labute approximate surface area is 384 Å². The first-order chi connectivity index (χ1) is 31.3. The Morgan fingerprint density at radius 3 is 1.91 bits per heavy atom. The van der Waals surface area contributed by atoms with Crippen LogP contribution in [0.1, 0.15) is 0 Å². The van der Waals surface area contributed by atoms with E-state index in [9.17, 15) is 0 Å². The van der Waals surface area contributed by atoms with Crippen LogP contribution in [0.4, 0.5) is 17.2 Å². The van der Waals surface area contributed by atoms with Crippen molar-refractivity contribution in [1.82, 2.24) is 18.9 Å². The average molecular weight is 1020 g/mol. The first-order valence-electron chi connectivity index (χ1n) is 21.2. The summed E-state index contributed by atoms with van der Waals surface area (Å²) in [6.07, 6.45) is 5.71. The van der Waals surface area contributed by atoms with E-state index in [1.807, 2.05) is 30.7 Å². The number of benzene rings is 8.